The summed E-state index contributed by atoms with van der Waals surface area (Å²) >= 11 is 3.51. The molecule has 3 rings (SSSR count). The Bertz CT molecular complexity index is 586. The van der Waals surface area contributed by atoms with E-state index in [-0.39, 0.29) is 0 Å². The van der Waals surface area contributed by atoms with Gasteiger partial charge in [0.05, 0.1) is 12.7 Å². The molecule has 0 radical (unpaired) electrons. The van der Waals surface area contributed by atoms with Gasteiger partial charge in [-0.05, 0) is 41.0 Å². The number of ether oxygens (including phenoxy) is 1. The van der Waals surface area contributed by atoms with Crippen LogP contribution in [-0.4, -0.2) is 16.7 Å². The number of nitrogens with zero attached hydrogens (tertiary/aromatic N) is 1. The average molecular weight is 320 g/mol. The van der Waals surface area contributed by atoms with Crippen molar-refractivity contribution < 1.29 is 9.84 Å². The average Bonchev–Trinajstić information content (AvgIpc) is 2.88. The van der Waals surface area contributed by atoms with Crippen molar-refractivity contribution in [2.45, 2.75) is 18.9 Å². The number of fused-ring (bicyclic) bond motifs is 1. The lowest BCUT2D eigenvalue weighted by molar-refractivity contribution is 0.177. The fourth-order valence-electron chi connectivity index (χ4n) is 2.41. The first kappa shape index (κ1) is 12.6. The molecule has 1 atom stereocenters. The van der Waals surface area contributed by atoms with Gasteiger partial charge in [0.1, 0.15) is 5.75 Å². The summed E-state index contributed by atoms with van der Waals surface area (Å²) in [7, 11) is 0. The van der Waals surface area contributed by atoms with Gasteiger partial charge < -0.3 is 9.84 Å². The number of aliphatic hydroxyl groups is 1. The molecule has 1 aliphatic heterocycles. The van der Waals surface area contributed by atoms with E-state index in [1.807, 2.05) is 18.2 Å². The molecule has 0 aliphatic carbocycles. The first-order valence-corrected chi connectivity index (χ1v) is 7.05. The number of benzene rings is 1. The van der Waals surface area contributed by atoms with Gasteiger partial charge in [-0.3, -0.25) is 4.98 Å². The highest BCUT2D eigenvalue weighted by molar-refractivity contribution is 9.10. The van der Waals surface area contributed by atoms with Crippen molar-refractivity contribution in [3.63, 3.8) is 0 Å². The summed E-state index contributed by atoms with van der Waals surface area (Å²) in [6.45, 7) is 0.726. The van der Waals surface area contributed by atoms with Crippen LogP contribution in [0.25, 0.3) is 0 Å². The molecular weight excluding hydrogens is 306 g/mol. The summed E-state index contributed by atoms with van der Waals surface area (Å²) in [5.74, 6) is 0.941. The molecule has 1 N–H and O–H groups in total. The molecule has 0 fully saturated rings. The number of aliphatic hydroxyl groups excluding tert-OH is 1. The molecule has 0 spiro atoms. The lowest BCUT2D eigenvalue weighted by atomic mass is 9.99. The number of aromatic nitrogens is 1. The largest absolute Gasteiger partial charge is 0.493 e. The van der Waals surface area contributed by atoms with Crippen LogP contribution in [0.3, 0.4) is 0 Å². The monoisotopic (exact) mass is 319 g/mol. The third-order valence-corrected chi connectivity index (χ3v) is 3.79. The molecule has 19 heavy (non-hydrogen) atoms. The van der Waals surface area contributed by atoms with Gasteiger partial charge >= 0.3 is 0 Å². The maximum absolute atomic E-state index is 10.3. The molecule has 2 aromatic rings. The van der Waals surface area contributed by atoms with Crippen molar-refractivity contribution in [2.24, 2.45) is 0 Å². The molecule has 1 aromatic heterocycles. The minimum absolute atomic E-state index is 0.536. The summed E-state index contributed by atoms with van der Waals surface area (Å²) in [6.07, 6.45) is 4.34. The molecule has 3 nitrogen and oxygen atoms in total. The minimum Gasteiger partial charge on any atom is -0.493 e. The highest BCUT2D eigenvalue weighted by Gasteiger charge is 2.19. The van der Waals surface area contributed by atoms with E-state index in [9.17, 15) is 5.11 Å². The standard InChI is InChI=1S/C15H14BrNO2/c16-13-7-11-3-6-19-15(11)12(8-13)9-14(18)10-1-4-17-5-2-10/h1-2,4-5,7-8,14,18H,3,6,9H2. The zero-order valence-electron chi connectivity index (χ0n) is 10.3. The van der Waals surface area contributed by atoms with Crippen LogP contribution < -0.4 is 4.74 Å². The van der Waals surface area contributed by atoms with Crippen molar-refractivity contribution in [3.05, 3.63) is 57.8 Å². The Hall–Kier alpha value is -1.39. The Kier molecular flexibility index (Phi) is 3.53. The van der Waals surface area contributed by atoms with Crippen LogP contribution in [0.15, 0.2) is 41.1 Å². The normalized spacial score (nSPS) is 14.8. The van der Waals surface area contributed by atoms with Crippen molar-refractivity contribution >= 4 is 15.9 Å². The number of halogens is 1. The molecule has 0 bridgehead atoms. The van der Waals surface area contributed by atoms with Gasteiger partial charge in [0.25, 0.3) is 0 Å². The molecule has 0 amide bonds. The number of rotatable bonds is 3. The van der Waals surface area contributed by atoms with E-state index in [2.05, 4.69) is 27.0 Å². The number of hydrogen-bond donors (Lipinski definition) is 1. The summed E-state index contributed by atoms with van der Waals surface area (Å²) in [4.78, 5) is 3.96. The predicted octanol–water partition coefficient (Wildman–Crippen LogP) is 3.06. The predicted molar refractivity (Wildman–Crippen MR) is 76.2 cm³/mol. The van der Waals surface area contributed by atoms with Gasteiger partial charge in [-0.2, -0.15) is 0 Å². The van der Waals surface area contributed by atoms with Gasteiger partial charge in [-0.1, -0.05) is 15.9 Å². The molecular formula is C15H14BrNO2. The molecule has 1 aromatic carbocycles. The van der Waals surface area contributed by atoms with E-state index < -0.39 is 6.10 Å². The van der Waals surface area contributed by atoms with Crippen LogP contribution in [0, 0.1) is 0 Å². The second kappa shape index (κ2) is 5.31. The van der Waals surface area contributed by atoms with E-state index in [1.165, 1.54) is 5.56 Å². The highest BCUT2D eigenvalue weighted by Crippen LogP contribution is 2.35. The summed E-state index contributed by atoms with van der Waals surface area (Å²) in [5.41, 5.74) is 3.14. The molecule has 1 unspecified atom stereocenters. The zero-order chi connectivity index (χ0) is 13.2. The highest BCUT2D eigenvalue weighted by atomic mass is 79.9. The second-order valence-electron chi connectivity index (χ2n) is 4.65. The fourth-order valence-corrected chi connectivity index (χ4v) is 2.96. The topological polar surface area (TPSA) is 42.4 Å². The van der Waals surface area contributed by atoms with Crippen LogP contribution in [0.5, 0.6) is 5.75 Å². The molecule has 0 saturated heterocycles. The van der Waals surface area contributed by atoms with Crippen LogP contribution in [0.2, 0.25) is 0 Å². The fraction of sp³-hybridized carbons (Fsp3) is 0.267. The van der Waals surface area contributed by atoms with E-state index in [1.54, 1.807) is 12.4 Å². The first-order chi connectivity index (χ1) is 9.24. The molecule has 2 heterocycles. The summed E-state index contributed by atoms with van der Waals surface area (Å²) in [6, 6.07) is 7.78. The molecule has 0 saturated carbocycles. The Morgan fingerprint density at radius 1 is 1.32 bits per heavy atom. The second-order valence-corrected chi connectivity index (χ2v) is 5.57. The summed E-state index contributed by atoms with van der Waals surface area (Å²) < 4.78 is 6.71. The third kappa shape index (κ3) is 2.65. The lowest BCUT2D eigenvalue weighted by Gasteiger charge is -2.14. The number of pyridine rings is 1. The maximum atomic E-state index is 10.3. The smallest absolute Gasteiger partial charge is 0.125 e. The Balaban J connectivity index is 1.88. The Morgan fingerprint density at radius 2 is 2.11 bits per heavy atom. The van der Waals surface area contributed by atoms with Crippen molar-refractivity contribution in [3.8, 4) is 5.75 Å². The molecule has 1 aliphatic rings. The Labute approximate surface area is 120 Å². The summed E-state index contributed by atoms with van der Waals surface area (Å²) in [5, 5.41) is 10.3. The van der Waals surface area contributed by atoms with Gasteiger partial charge in [-0.15, -0.1) is 0 Å². The van der Waals surface area contributed by atoms with E-state index in [0.717, 1.165) is 34.4 Å². The van der Waals surface area contributed by atoms with Crippen LogP contribution in [0.1, 0.15) is 22.8 Å². The minimum atomic E-state index is -0.536. The Morgan fingerprint density at radius 3 is 2.89 bits per heavy atom. The SMILES string of the molecule is OC(Cc1cc(Br)cc2c1OCC2)c1ccncc1. The van der Waals surface area contributed by atoms with Gasteiger partial charge in [0.2, 0.25) is 0 Å². The van der Waals surface area contributed by atoms with Gasteiger partial charge in [0.15, 0.2) is 0 Å². The maximum Gasteiger partial charge on any atom is 0.125 e. The molecule has 98 valence electrons. The quantitative estimate of drug-likeness (QED) is 0.945. The van der Waals surface area contributed by atoms with Gasteiger partial charge in [-0.25, -0.2) is 0 Å². The van der Waals surface area contributed by atoms with Gasteiger partial charge in [0, 0.05) is 29.7 Å². The van der Waals surface area contributed by atoms with Crippen molar-refractivity contribution in [2.75, 3.05) is 6.61 Å². The van der Waals surface area contributed by atoms with Crippen LogP contribution in [0.4, 0.5) is 0 Å². The zero-order valence-corrected chi connectivity index (χ0v) is 11.9. The van der Waals surface area contributed by atoms with E-state index in [4.69, 9.17) is 4.74 Å². The van der Waals surface area contributed by atoms with E-state index >= 15 is 0 Å². The van der Waals surface area contributed by atoms with Crippen molar-refractivity contribution in [1.82, 2.24) is 4.98 Å². The molecule has 4 heteroatoms. The first-order valence-electron chi connectivity index (χ1n) is 6.26. The van der Waals surface area contributed by atoms with Crippen LogP contribution >= 0.6 is 15.9 Å². The lowest BCUT2D eigenvalue weighted by Crippen LogP contribution is -2.03. The van der Waals surface area contributed by atoms with Crippen LogP contribution in [-0.2, 0) is 12.8 Å². The van der Waals surface area contributed by atoms with Crippen molar-refractivity contribution in [1.29, 1.82) is 0 Å². The van der Waals surface area contributed by atoms with E-state index in [0.29, 0.717) is 6.42 Å². The third-order valence-electron chi connectivity index (χ3n) is 3.33. The number of hydrogen-bond acceptors (Lipinski definition) is 3.